The lowest BCUT2D eigenvalue weighted by molar-refractivity contribution is 0.0958. The number of carbonyl (C=O) groups is 1. The fraction of sp³-hybridized carbons (Fsp3) is 0.0588. The van der Waals surface area contributed by atoms with Crippen molar-refractivity contribution in [3.05, 3.63) is 74.7 Å². The summed E-state index contributed by atoms with van der Waals surface area (Å²) in [6, 6.07) is 14.1. The van der Waals surface area contributed by atoms with E-state index in [0.29, 0.717) is 32.2 Å². The Morgan fingerprint density at radius 1 is 1.12 bits per heavy atom. The Labute approximate surface area is 158 Å². The minimum atomic E-state index is -0.339. The number of nitrogens with zero attached hydrogens (tertiary/aromatic N) is 1. The van der Waals surface area contributed by atoms with Gasteiger partial charge in [0.2, 0.25) is 0 Å². The molecule has 25 heavy (non-hydrogen) atoms. The maximum absolute atomic E-state index is 12.1. The van der Waals surface area contributed by atoms with E-state index in [2.05, 4.69) is 15.8 Å². The molecule has 0 atom stereocenters. The highest BCUT2D eigenvalue weighted by Crippen LogP contribution is 2.18. The Balaban J connectivity index is 1.53. The smallest absolute Gasteiger partial charge is 0.289 e. The number of thiazole rings is 1. The summed E-state index contributed by atoms with van der Waals surface area (Å²) < 4.78 is 5.61. The van der Waals surface area contributed by atoms with Gasteiger partial charge in [0.05, 0.1) is 5.69 Å². The van der Waals surface area contributed by atoms with E-state index in [1.54, 1.807) is 53.9 Å². The van der Waals surface area contributed by atoms with Crippen LogP contribution < -0.4 is 15.6 Å². The molecule has 1 amide bonds. The Hall–Kier alpha value is -2.28. The van der Waals surface area contributed by atoms with Crippen LogP contribution in [0.2, 0.25) is 10.0 Å². The number of amides is 1. The monoisotopic (exact) mass is 393 g/mol. The van der Waals surface area contributed by atoms with Crippen molar-refractivity contribution >= 4 is 46.1 Å². The Morgan fingerprint density at radius 3 is 2.68 bits per heavy atom. The third kappa shape index (κ3) is 5.09. The summed E-state index contributed by atoms with van der Waals surface area (Å²) in [5.74, 6) is 0.349. The van der Waals surface area contributed by atoms with E-state index in [-0.39, 0.29) is 12.5 Å². The fourth-order valence-corrected chi connectivity index (χ4v) is 2.92. The Bertz CT molecular complexity index is 868. The van der Waals surface area contributed by atoms with Crippen LogP contribution >= 0.6 is 34.5 Å². The third-order valence-corrected chi connectivity index (χ3v) is 4.41. The largest absolute Gasteiger partial charge is 0.486 e. The number of ether oxygens (including phenoxy) is 1. The van der Waals surface area contributed by atoms with Gasteiger partial charge in [0.25, 0.3) is 5.91 Å². The summed E-state index contributed by atoms with van der Waals surface area (Å²) >= 11 is 13.1. The highest BCUT2D eigenvalue weighted by atomic mass is 35.5. The van der Waals surface area contributed by atoms with Crippen molar-refractivity contribution in [2.24, 2.45) is 0 Å². The average molecular weight is 394 g/mol. The number of nitrogens with one attached hydrogen (secondary N) is 2. The molecule has 3 rings (SSSR count). The molecule has 0 spiro atoms. The predicted octanol–water partition coefficient (Wildman–Crippen LogP) is 4.79. The molecule has 0 saturated carbocycles. The molecule has 0 aliphatic rings. The van der Waals surface area contributed by atoms with Gasteiger partial charge in [-0.25, -0.2) is 4.98 Å². The first kappa shape index (κ1) is 17.5. The summed E-state index contributed by atoms with van der Waals surface area (Å²) in [6.45, 7) is 0.279. The minimum Gasteiger partial charge on any atom is -0.486 e. The molecule has 2 N–H and O–H groups in total. The fourth-order valence-electron chi connectivity index (χ4n) is 1.92. The normalized spacial score (nSPS) is 10.3. The van der Waals surface area contributed by atoms with Crippen LogP contribution in [0.5, 0.6) is 5.75 Å². The zero-order chi connectivity index (χ0) is 17.6. The lowest BCUT2D eigenvalue weighted by Crippen LogP contribution is -2.29. The number of hydrazine groups is 1. The Kier molecular flexibility index (Phi) is 5.75. The van der Waals surface area contributed by atoms with E-state index < -0.39 is 0 Å². The van der Waals surface area contributed by atoms with Crippen LogP contribution in [0, 0.1) is 0 Å². The molecule has 0 fully saturated rings. The number of anilines is 1. The number of hydrogen-bond acceptors (Lipinski definition) is 5. The molecule has 5 nitrogen and oxygen atoms in total. The van der Waals surface area contributed by atoms with Crippen molar-refractivity contribution in [2.75, 3.05) is 5.43 Å². The molecule has 0 aliphatic heterocycles. The van der Waals surface area contributed by atoms with Gasteiger partial charge in [-0.2, -0.15) is 0 Å². The summed E-state index contributed by atoms with van der Waals surface area (Å²) in [4.78, 5) is 16.4. The summed E-state index contributed by atoms with van der Waals surface area (Å²) in [5.41, 5.74) is 6.37. The van der Waals surface area contributed by atoms with Crippen LogP contribution in [0.1, 0.15) is 15.5 Å². The maximum atomic E-state index is 12.1. The molecule has 0 aliphatic carbocycles. The number of halogens is 2. The van der Waals surface area contributed by atoms with E-state index in [1.807, 2.05) is 0 Å². The molecular formula is C17H13Cl2N3O2S. The molecule has 0 radical (unpaired) electrons. The van der Waals surface area contributed by atoms with Gasteiger partial charge < -0.3 is 4.74 Å². The second kappa shape index (κ2) is 8.20. The number of hydrogen-bond donors (Lipinski definition) is 2. The first-order valence-electron chi connectivity index (χ1n) is 7.25. The van der Waals surface area contributed by atoms with Crippen molar-refractivity contribution in [3.63, 3.8) is 0 Å². The molecule has 0 unspecified atom stereocenters. The minimum absolute atomic E-state index is 0.279. The van der Waals surface area contributed by atoms with Crippen molar-refractivity contribution in [1.29, 1.82) is 0 Å². The molecule has 3 aromatic rings. The topological polar surface area (TPSA) is 63.2 Å². The highest BCUT2D eigenvalue weighted by Gasteiger charge is 2.11. The van der Waals surface area contributed by atoms with Crippen molar-refractivity contribution in [1.82, 2.24) is 10.4 Å². The molecule has 8 heteroatoms. The molecule has 0 saturated heterocycles. The molecule has 128 valence electrons. The van der Waals surface area contributed by atoms with Gasteiger partial charge in [0.1, 0.15) is 23.1 Å². The summed E-state index contributed by atoms with van der Waals surface area (Å²) in [7, 11) is 0. The lowest BCUT2D eigenvalue weighted by atomic mass is 10.3. The van der Waals surface area contributed by atoms with E-state index in [0.717, 1.165) is 0 Å². The molecule has 0 bridgehead atoms. The van der Waals surface area contributed by atoms with Crippen LogP contribution in [-0.4, -0.2) is 10.9 Å². The van der Waals surface area contributed by atoms with E-state index in [9.17, 15) is 4.79 Å². The molecule has 2 aromatic carbocycles. The van der Waals surface area contributed by atoms with Crippen LogP contribution in [0.25, 0.3) is 0 Å². The number of rotatable bonds is 6. The lowest BCUT2D eigenvalue weighted by Gasteiger charge is -2.07. The van der Waals surface area contributed by atoms with Gasteiger partial charge in [-0.3, -0.25) is 15.6 Å². The molecular weight excluding hydrogens is 381 g/mol. The van der Waals surface area contributed by atoms with E-state index in [4.69, 9.17) is 27.9 Å². The van der Waals surface area contributed by atoms with E-state index in [1.165, 1.54) is 11.3 Å². The second-order valence-electron chi connectivity index (χ2n) is 4.96. The van der Waals surface area contributed by atoms with Gasteiger partial charge in [-0.15, -0.1) is 11.3 Å². The zero-order valence-corrected chi connectivity index (χ0v) is 15.2. The molecule has 1 aromatic heterocycles. The SMILES string of the molecule is O=C(NNc1cccc(Cl)c1)c1csc(COc2ccc(Cl)cc2)n1. The zero-order valence-electron chi connectivity index (χ0n) is 12.8. The summed E-state index contributed by atoms with van der Waals surface area (Å²) in [6.07, 6.45) is 0. The third-order valence-electron chi connectivity index (χ3n) is 3.11. The summed E-state index contributed by atoms with van der Waals surface area (Å²) in [5, 5.41) is 3.60. The standard InChI is InChI=1S/C17H13Cl2N3O2S/c18-11-4-6-14(7-5-11)24-9-16-20-15(10-25-16)17(23)22-21-13-3-1-2-12(19)8-13/h1-8,10,21H,9H2,(H,22,23). The quantitative estimate of drug-likeness (QED) is 0.591. The van der Waals surface area contributed by atoms with Crippen LogP contribution in [0.4, 0.5) is 5.69 Å². The Morgan fingerprint density at radius 2 is 1.92 bits per heavy atom. The second-order valence-corrected chi connectivity index (χ2v) is 6.77. The first-order valence-corrected chi connectivity index (χ1v) is 8.88. The van der Waals surface area contributed by atoms with Crippen molar-refractivity contribution < 1.29 is 9.53 Å². The van der Waals surface area contributed by atoms with Crippen LogP contribution in [-0.2, 0) is 6.61 Å². The number of aromatic nitrogens is 1. The van der Waals surface area contributed by atoms with Gasteiger partial charge >= 0.3 is 0 Å². The average Bonchev–Trinajstić information content (AvgIpc) is 3.08. The van der Waals surface area contributed by atoms with Crippen LogP contribution in [0.3, 0.4) is 0 Å². The van der Waals surface area contributed by atoms with Gasteiger partial charge in [-0.1, -0.05) is 29.3 Å². The van der Waals surface area contributed by atoms with Crippen molar-refractivity contribution in [3.8, 4) is 5.75 Å². The van der Waals surface area contributed by atoms with Gasteiger partial charge in [0.15, 0.2) is 0 Å². The van der Waals surface area contributed by atoms with Gasteiger partial charge in [-0.05, 0) is 42.5 Å². The highest BCUT2D eigenvalue weighted by molar-refractivity contribution is 7.09. The number of carbonyl (C=O) groups excluding carboxylic acids is 1. The van der Waals surface area contributed by atoms with Gasteiger partial charge in [0, 0.05) is 15.4 Å². The van der Waals surface area contributed by atoms with Crippen LogP contribution in [0.15, 0.2) is 53.9 Å². The maximum Gasteiger partial charge on any atom is 0.289 e. The molecule has 1 heterocycles. The van der Waals surface area contributed by atoms with E-state index >= 15 is 0 Å². The van der Waals surface area contributed by atoms with Crippen molar-refractivity contribution in [2.45, 2.75) is 6.61 Å². The predicted molar refractivity (Wildman–Crippen MR) is 100 cm³/mol. The number of benzene rings is 2. The first-order chi connectivity index (χ1) is 12.1.